The first kappa shape index (κ1) is 19.3. The van der Waals surface area contributed by atoms with Crippen molar-refractivity contribution in [1.29, 1.82) is 0 Å². The van der Waals surface area contributed by atoms with Gasteiger partial charge >= 0.3 is 12.1 Å². The average Bonchev–Trinajstić information content (AvgIpc) is 2.60. The van der Waals surface area contributed by atoms with Gasteiger partial charge in [-0.2, -0.15) is 13.2 Å². The van der Waals surface area contributed by atoms with Crippen LogP contribution in [0.15, 0.2) is 48.5 Å². The normalized spacial score (nSPS) is 10.9. The van der Waals surface area contributed by atoms with Crippen LogP contribution in [0.25, 0.3) is 0 Å². The van der Waals surface area contributed by atoms with Gasteiger partial charge in [0.2, 0.25) is 0 Å². The third-order valence-electron chi connectivity index (χ3n) is 3.32. The minimum Gasteiger partial charge on any atom is -0.494 e. The summed E-state index contributed by atoms with van der Waals surface area (Å²) in [5.41, 5.74) is 0.972. The van der Waals surface area contributed by atoms with Crippen LogP contribution in [0, 0.1) is 0 Å². The third kappa shape index (κ3) is 5.51. The Morgan fingerprint density at radius 1 is 1.08 bits per heavy atom. The standard InChI is InChI=1S/C18H17F3N2O3/c1-2-26-15-8-6-13(7-9-15)16(24)22-11-12-4-3-5-14(10-12)23-17(25)18(19,20)21/h3-10H,2,11H2,1H3,(H,22,24)(H,23,25). The fourth-order valence-electron chi connectivity index (χ4n) is 2.11. The zero-order chi connectivity index (χ0) is 19.2. The van der Waals surface area contributed by atoms with Crippen LogP contribution in [0.1, 0.15) is 22.8 Å². The lowest BCUT2D eigenvalue weighted by atomic mass is 10.1. The van der Waals surface area contributed by atoms with Crippen molar-refractivity contribution >= 4 is 17.5 Å². The number of carbonyl (C=O) groups excluding carboxylic acids is 2. The van der Waals surface area contributed by atoms with Crippen LogP contribution in [0.4, 0.5) is 18.9 Å². The third-order valence-corrected chi connectivity index (χ3v) is 3.32. The molecule has 0 bridgehead atoms. The van der Waals surface area contributed by atoms with Crippen molar-refractivity contribution in [1.82, 2.24) is 5.32 Å². The minimum absolute atomic E-state index is 0.000131. The molecule has 8 heteroatoms. The van der Waals surface area contributed by atoms with Gasteiger partial charge in [0, 0.05) is 17.8 Å². The summed E-state index contributed by atoms with van der Waals surface area (Å²) in [4.78, 5) is 23.1. The van der Waals surface area contributed by atoms with Crippen molar-refractivity contribution in [3.63, 3.8) is 0 Å². The Labute approximate surface area is 148 Å². The smallest absolute Gasteiger partial charge is 0.471 e. The number of hydrogen-bond donors (Lipinski definition) is 2. The van der Waals surface area contributed by atoms with Crippen molar-refractivity contribution in [2.24, 2.45) is 0 Å². The Kier molecular flexibility index (Phi) is 6.21. The molecule has 0 saturated carbocycles. The van der Waals surface area contributed by atoms with Crippen LogP contribution in [0.5, 0.6) is 5.75 Å². The van der Waals surface area contributed by atoms with Crippen molar-refractivity contribution in [2.75, 3.05) is 11.9 Å². The molecule has 138 valence electrons. The molecule has 0 radical (unpaired) electrons. The summed E-state index contributed by atoms with van der Waals surface area (Å²) in [6, 6.07) is 12.4. The first-order valence-corrected chi connectivity index (χ1v) is 7.77. The highest BCUT2D eigenvalue weighted by atomic mass is 19.4. The van der Waals surface area contributed by atoms with Crippen LogP contribution in [0.2, 0.25) is 0 Å². The van der Waals surface area contributed by atoms with E-state index in [1.165, 1.54) is 18.2 Å². The van der Waals surface area contributed by atoms with E-state index in [-0.39, 0.29) is 18.1 Å². The fraction of sp³-hybridized carbons (Fsp3) is 0.222. The van der Waals surface area contributed by atoms with Gasteiger partial charge in [0.1, 0.15) is 5.75 Å². The lowest BCUT2D eigenvalue weighted by molar-refractivity contribution is -0.167. The predicted molar refractivity (Wildman–Crippen MR) is 89.9 cm³/mol. The second-order valence-electron chi connectivity index (χ2n) is 5.29. The van der Waals surface area contributed by atoms with E-state index in [0.717, 1.165) is 0 Å². The summed E-state index contributed by atoms with van der Waals surface area (Å²) >= 11 is 0. The highest BCUT2D eigenvalue weighted by molar-refractivity contribution is 5.95. The van der Waals surface area contributed by atoms with Gasteiger partial charge in [-0.05, 0) is 48.9 Å². The number of carbonyl (C=O) groups is 2. The van der Waals surface area contributed by atoms with Crippen LogP contribution in [-0.2, 0) is 11.3 Å². The average molecular weight is 366 g/mol. The lowest BCUT2D eigenvalue weighted by Gasteiger charge is -2.10. The summed E-state index contributed by atoms with van der Waals surface area (Å²) in [7, 11) is 0. The van der Waals surface area contributed by atoms with E-state index in [2.05, 4.69) is 5.32 Å². The van der Waals surface area contributed by atoms with Gasteiger partial charge in [0.25, 0.3) is 5.91 Å². The molecule has 2 N–H and O–H groups in total. The summed E-state index contributed by atoms with van der Waals surface area (Å²) in [6.07, 6.45) is -4.96. The van der Waals surface area contributed by atoms with Gasteiger partial charge in [-0.3, -0.25) is 9.59 Å². The summed E-state index contributed by atoms with van der Waals surface area (Å²) in [5, 5.41) is 4.43. The summed E-state index contributed by atoms with van der Waals surface area (Å²) in [5.74, 6) is -1.73. The van der Waals surface area contributed by atoms with Gasteiger partial charge < -0.3 is 15.4 Å². The maximum Gasteiger partial charge on any atom is 0.471 e. The van der Waals surface area contributed by atoms with Gasteiger partial charge in [0.15, 0.2) is 0 Å². The van der Waals surface area contributed by atoms with E-state index in [4.69, 9.17) is 4.74 Å². The molecule has 5 nitrogen and oxygen atoms in total. The summed E-state index contributed by atoms with van der Waals surface area (Å²) in [6.45, 7) is 2.47. The molecule has 2 amide bonds. The van der Waals surface area contributed by atoms with Crippen molar-refractivity contribution in [3.05, 3.63) is 59.7 Å². The van der Waals surface area contributed by atoms with Crippen molar-refractivity contribution in [2.45, 2.75) is 19.6 Å². The molecule has 0 aliphatic carbocycles. The number of halogens is 3. The first-order valence-electron chi connectivity index (χ1n) is 7.77. The second kappa shape index (κ2) is 8.37. The number of alkyl halides is 3. The van der Waals surface area contributed by atoms with Gasteiger partial charge in [-0.15, -0.1) is 0 Å². The topological polar surface area (TPSA) is 67.4 Å². The van der Waals surface area contributed by atoms with E-state index in [1.807, 2.05) is 6.92 Å². The number of benzene rings is 2. The van der Waals surface area contributed by atoms with Crippen LogP contribution in [-0.4, -0.2) is 24.6 Å². The molecule has 0 unspecified atom stereocenters. The molecule has 0 atom stereocenters. The largest absolute Gasteiger partial charge is 0.494 e. The molecule has 0 aromatic heterocycles. The second-order valence-corrected chi connectivity index (χ2v) is 5.29. The Morgan fingerprint density at radius 3 is 2.38 bits per heavy atom. The molecule has 2 aromatic rings. The Bertz CT molecular complexity index is 774. The van der Waals surface area contributed by atoms with Crippen LogP contribution >= 0.6 is 0 Å². The molecule has 0 saturated heterocycles. The Morgan fingerprint density at radius 2 is 1.77 bits per heavy atom. The monoisotopic (exact) mass is 366 g/mol. The SMILES string of the molecule is CCOc1ccc(C(=O)NCc2cccc(NC(=O)C(F)(F)F)c2)cc1. The van der Waals surface area contributed by atoms with Crippen molar-refractivity contribution in [3.8, 4) is 5.75 Å². The predicted octanol–water partition coefficient (Wildman–Crippen LogP) is 3.52. The van der Waals surface area contributed by atoms with Crippen LogP contribution < -0.4 is 15.4 Å². The lowest BCUT2D eigenvalue weighted by Crippen LogP contribution is -2.30. The molecule has 0 spiro atoms. The molecule has 0 fully saturated rings. The minimum atomic E-state index is -4.96. The maximum atomic E-state index is 12.3. The van der Waals surface area contributed by atoms with E-state index >= 15 is 0 Å². The zero-order valence-electron chi connectivity index (χ0n) is 13.9. The van der Waals surface area contributed by atoms with Gasteiger partial charge in [0.05, 0.1) is 6.61 Å². The van der Waals surface area contributed by atoms with E-state index in [0.29, 0.717) is 23.5 Å². The molecule has 26 heavy (non-hydrogen) atoms. The highest BCUT2D eigenvalue weighted by Gasteiger charge is 2.38. The highest BCUT2D eigenvalue weighted by Crippen LogP contribution is 2.19. The quantitative estimate of drug-likeness (QED) is 0.822. The number of amides is 2. The number of ether oxygens (including phenoxy) is 1. The fourth-order valence-corrected chi connectivity index (χ4v) is 2.11. The zero-order valence-corrected chi connectivity index (χ0v) is 13.9. The van der Waals surface area contributed by atoms with Gasteiger partial charge in [-0.1, -0.05) is 12.1 Å². The van der Waals surface area contributed by atoms with Crippen LogP contribution in [0.3, 0.4) is 0 Å². The Hall–Kier alpha value is -3.03. The molecule has 0 aliphatic rings. The number of rotatable bonds is 6. The van der Waals surface area contributed by atoms with E-state index in [9.17, 15) is 22.8 Å². The molecule has 0 heterocycles. The Balaban J connectivity index is 1.95. The number of nitrogens with one attached hydrogen (secondary N) is 2. The van der Waals surface area contributed by atoms with Gasteiger partial charge in [-0.25, -0.2) is 0 Å². The van der Waals surface area contributed by atoms with E-state index in [1.54, 1.807) is 35.6 Å². The molecular formula is C18H17F3N2O3. The summed E-state index contributed by atoms with van der Waals surface area (Å²) < 4.78 is 42.1. The number of anilines is 1. The molecule has 2 aromatic carbocycles. The van der Waals surface area contributed by atoms with E-state index < -0.39 is 12.1 Å². The molecule has 2 rings (SSSR count). The maximum absolute atomic E-state index is 12.3. The molecular weight excluding hydrogens is 349 g/mol. The van der Waals surface area contributed by atoms with Crippen molar-refractivity contribution < 1.29 is 27.5 Å². The molecule has 0 aliphatic heterocycles. The number of hydrogen-bond acceptors (Lipinski definition) is 3. The first-order chi connectivity index (χ1) is 12.3.